The third-order valence-corrected chi connectivity index (χ3v) is 13.1. The summed E-state index contributed by atoms with van der Waals surface area (Å²) in [6.07, 6.45) is 13.7. The highest BCUT2D eigenvalue weighted by molar-refractivity contribution is 7.86. The van der Waals surface area contributed by atoms with Crippen molar-refractivity contribution >= 4 is 54.5 Å². The second kappa shape index (κ2) is 16.4. The average molecular weight is 804 g/mol. The Bertz CT molecular complexity index is 2320. The lowest BCUT2D eigenvalue weighted by Crippen LogP contribution is -2.28. The molecule has 0 saturated carbocycles. The Labute approximate surface area is 332 Å². The van der Waals surface area contributed by atoms with Crippen LogP contribution in [0.2, 0.25) is 5.02 Å². The standard InChI is InChI=1S/C44H51ClN2O6S2/c1-43(2)36-16-5-7-18-38(36)46(28-9-11-30-54(48,49)50)40(43)26-22-32-14-13-15-33(42(32)34-20-24-35(45)25-21-34)23-27-41-44(3,4)37-17-6-8-19-39(37)47(41)29-10-12-31-55(51,52)53/h5-8,16-27H,9-15,28-31H2,1-4H3,(H-,48,49,50,51,52,53)/p+1. The minimum absolute atomic E-state index is 0.255. The van der Waals surface area contributed by atoms with Crippen LogP contribution < -0.4 is 4.90 Å². The van der Waals surface area contributed by atoms with Crippen LogP contribution in [0.5, 0.6) is 0 Å². The van der Waals surface area contributed by atoms with E-state index in [4.69, 9.17) is 11.6 Å². The molecule has 2 aliphatic heterocycles. The van der Waals surface area contributed by atoms with E-state index in [1.165, 1.54) is 27.8 Å². The molecule has 1 aliphatic carbocycles. The molecule has 3 aliphatic rings. The van der Waals surface area contributed by atoms with E-state index in [0.29, 0.717) is 43.8 Å². The number of fused-ring (bicyclic) bond motifs is 2. The monoisotopic (exact) mass is 803 g/mol. The van der Waals surface area contributed by atoms with Gasteiger partial charge < -0.3 is 4.90 Å². The molecule has 0 spiro atoms. The predicted octanol–water partition coefficient (Wildman–Crippen LogP) is 9.85. The Morgan fingerprint density at radius 3 is 2.07 bits per heavy atom. The predicted molar refractivity (Wildman–Crippen MR) is 225 cm³/mol. The van der Waals surface area contributed by atoms with Crippen LogP contribution in [0.4, 0.5) is 11.4 Å². The van der Waals surface area contributed by atoms with E-state index in [1.807, 2.05) is 24.3 Å². The molecule has 0 unspecified atom stereocenters. The number of allylic oxidation sites excluding steroid dienone is 8. The van der Waals surface area contributed by atoms with E-state index < -0.39 is 20.2 Å². The van der Waals surface area contributed by atoms with Crippen LogP contribution in [0.1, 0.15) is 89.3 Å². The largest absolute Gasteiger partial charge is 0.344 e. The summed E-state index contributed by atoms with van der Waals surface area (Å²) >= 11 is 6.39. The number of benzene rings is 3. The van der Waals surface area contributed by atoms with Gasteiger partial charge in [0.2, 0.25) is 5.69 Å². The summed E-state index contributed by atoms with van der Waals surface area (Å²) in [5, 5.41) is 0.672. The van der Waals surface area contributed by atoms with Gasteiger partial charge in [0.1, 0.15) is 6.54 Å². The van der Waals surface area contributed by atoms with Gasteiger partial charge in [-0.25, -0.2) is 0 Å². The molecule has 0 bridgehead atoms. The molecule has 55 heavy (non-hydrogen) atoms. The van der Waals surface area contributed by atoms with Crippen molar-refractivity contribution in [2.45, 2.75) is 83.5 Å². The minimum atomic E-state index is -4.02. The fourth-order valence-electron chi connectivity index (χ4n) is 8.48. The maximum absolute atomic E-state index is 11.4. The van der Waals surface area contributed by atoms with Crippen LogP contribution in [-0.4, -0.2) is 60.8 Å². The lowest BCUT2D eigenvalue weighted by Gasteiger charge is -2.28. The molecule has 0 saturated heterocycles. The average Bonchev–Trinajstić information content (AvgIpc) is 3.47. The van der Waals surface area contributed by atoms with Gasteiger partial charge in [-0.3, -0.25) is 9.11 Å². The summed E-state index contributed by atoms with van der Waals surface area (Å²) in [5.74, 6) is -0.510. The zero-order chi connectivity index (χ0) is 39.6. The second-order valence-electron chi connectivity index (χ2n) is 15.8. The highest BCUT2D eigenvalue weighted by Crippen LogP contribution is 2.48. The van der Waals surface area contributed by atoms with Gasteiger partial charge in [-0.05, 0) is 104 Å². The zero-order valence-electron chi connectivity index (χ0n) is 32.1. The van der Waals surface area contributed by atoms with Crippen molar-refractivity contribution < 1.29 is 30.5 Å². The quantitative estimate of drug-likeness (QED) is 0.0948. The van der Waals surface area contributed by atoms with Gasteiger partial charge in [-0.2, -0.15) is 21.4 Å². The normalized spacial score (nSPS) is 19.6. The molecule has 292 valence electrons. The first-order chi connectivity index (χ1) is 26.0. The molecule has 8 nitrogen and oxygen atoms in total. The first-order valence-corrected chi connectivity index (χ1v) is 22.7. The molecular weight excluding hydrogens is 752 g/mol. The molecule has 3 aromatic carbocycles. The fourth-order valence-corrected chi connectivity index (χ4v) is 9.74. The summed E-state index contributed by atoms with van der Waals surface area (Å²) in [6.45, 7) is 10.2. The van der Waals surface area contributed by atoms with Crippen molar-refractivity contribution in [2.75, 3.05) is 29.5 Å². The molecule has 6 rings (SSSR count). The Morgan fingerprint density at radius 1 is 0.745 bits per heavy atom. The molecular formula is C44H52ClN2O6S2+. The molecule has 11 heteroatoms. The zero-order valence-corrected chi connectivity index (χ0v) is 34.5. The highest BCUT2D eigenvalue weighted by Gasteiger charge is 2.44. The Hall–Kier alpha value is -3.80. The first kappa shape index (κ1) is 40.9. The van der Waals surface area contributed by atoms with Gasteiger partial charge in [-0.1, -0.05) is 86.1 Å². The molecule has 0 fully saturated rings. The summed E-state index contributed by atoms with van der Waals surface area (Å²) in [4.78, 5) is 2.30. The Morgan fingerprint density at radius 2 is 1.38 bits per heavy atom. The van der Waals surface area contributed by atoms with Gasteiger partial charge in [-0.15, -0.1) is 0 Å². The van der Waals surface area contributed by atoms with E-state index >= 15 is 0 Å². The molecule has 0 aromatic heterocycles. The van der Waals surface area contributed by atoms with E-state index in [9.17, 15) is 25.9 Å². The Kier molecular flexibility index (Phi) is 12.1. The van der Waals surface area contributed by atoms with Gasteiger partial charge in [0.25, 0.3) is 20.2 Å². The molecule has 2 N–H and O–H groups in total. The number of halogens is 1. The summed E-state index contributed by atoms with van der Waals surface area (Å²) in [6, 6.07) is 24.8. The molecule has 3 aromatic rings. The highest BCUT2D eigenvalue weighted by atomic mass is 35.5. The maximum Gasteiger partial charge on any atom is 0.264 e. The van der Waals surface area contributed by atoms with Gasteiger partial charge in [0.05, 0.1) is 16.9 Å². The van der Waals surface area contributed by atoms with Crippen LogP contribution in [0.15, 0.2) is 114 Å². The van der Waals surface area contributed by atoms with Crippen LogP contribution in [0.3, 0.4) is 0 Å². The number of hydrogen-bond acceptors (Lipinski definition) is 5. The number of nitrogens with zero attached hydrogens (tertiary/aromatic N) is 2. The molecule has 2 heterocycles. The van der Waals surface area contributed by atoms with Gasteiger partial charge in [0, 0.05) is 52.5 Å². The van der Waals surface area contributed by atoms with E-state index in [0.717, 1.165) is 47.6 Å². The maximum atomic E-state index is 11.4. The lowest BCUT2D eigenvalue weighted by molar-refractivity contribution is -0.438. The number of para-hydroxylation sites is 2. The second-order valence-corrected chi connectivity index (χ2v) is 19.4. The van der Waals surface area contributed by atoms with Crippen LogP contribution in [-0.2, 0) is 31.1 Å². The number of unbranched alkanes of at least 4 members (excludes halogenated alkanes) is 2. The first-order valence-electron chi connectivity index (χ1n) is 19.1. The van der Waals surface area contributed by atoms with Crippen molar-refractivity contribution in [3.05, 3.63) is 136 Å². The molecule has 0 atom stereocenters. The molecule has 0 radical (unpaired) electrons. The molecule has 0 amide bonds. The van der Waals surface area contributed by atoms with Gasteiger partial charge in [0.15, 0.2) is 5.71 Å². The third kappa shape index (κ3) is 9.26. The topological polar surface area (TPSA) is 115 Å². The van der Waals surface area contributed by atoms with Gasteiger partial charge >= 0.3 is 0 Å². The number of anilines is 1. The van der Waals surface area contributed by atoms with E-state index in [-0.39, 0.29) is 22.3 Å². The summed E-state index contributed by atoms with van der Waals surface area (Å²) < 4.78 is 66.7. The van der Waals surface area contributed by atoms with Crippen molar-refractivity contribution in [3.8, 4) is 0 Å². The van der Waals surface area contributed by atoms with Crippen molar-refractivity contribution in [1.29, 1.82) is 0 Å². The smallest absolute Gasteiger partial charge is 0.264 e. The van der Waals surface area contributed by atoms with E-state index in [2.05, 4.69) is 110 Å². The van der Waals surface area contributed by atoms with Crippen LogP contribution in [0.25, 0.3) is 5.57 Å². The van der Waals surface area contributed by atoms with Crippen molar-refractivity contribution in [1.82, 2.24) is 0 Å². The van der Waals surface area contributed by atoms with Crippen molar-refractivity contribution in [3.63, 3.8) is 0 Å². The van der Waals surface area contributed by atoms with Crippen LogP contribution in [0, 0.1) is 0 Å². The fraction of sp³-hybridized carbons (Fsp3) is 0.386. The summed E-state index contributed by atoms with van der Waals surface area (Å²) in [5.41, 5.74) is 11.1. The third-order valence-electron chi connectivity index (χ3n) is 11.2. The SMILES string of the molecule is CC1(C)C(=CC=C2CCCC(C=CC3=[N+](CCCCS(=O)(=O)O)c4ccccc4C3(C)C)=C2c2ccc(Cl)cc2)N(CCCCS(=O)(=O)O)c2ccccc21. The summed E-state index contributed by atoms with van der Waals surface area (Å²) in [7, 11) is -8.04. The van der Waals surface area contributed by atoms with Crippen molar-refractivity contribution in [2.24, 2.45) is 0 Å². The minimum Gasteiger partial charge on any atom is -0.344 e. The number of rotatable bonds is 14. The van der Waals surface area contributed by atoms with E-state index in [1.54, 1.807) is 0 Å². The number of hydrogen-bond donors (Lipinski definition) is 2. The van der Waals surface area contributed by atoms with Crippen LogP contribution >= 0.6 is 11.6 Å². The lowest BCUT2D eigenvalue weighted by atomic mass is 9.79. The Balaban J connectivity index is 1.41.